The zero-order valence-corrected chi connectivity index (χ0v) is 12.2. The van der Waals surface area contributed by atoms with Crippen LogP contribution in [0.1, 0.15) is 25.2 Å². The van der Waals surface area contributed by atoms with Gasteiger partial charge in [0.05, 0.1) is 17.3 Å². The molecule has 108 valence electrons. The molecule has 1 aromatic heterocycles. The van der Waals surface area contributed by atoms with Crippen LogP contribution in [0.25, 0.3) is 0 Å². The lowest BCUT2D eigenvalue weighted by Gasteiger charge is -2.16. The SMILES string of the molecule is Cc1n[nH]c(C)c1S(=O)(=O)NCC(C(=O)O)C(C)C. The van der Waals surface area contributed by atoms with Crippen molar-refractivity contribution in [3.05, 3.63) is 11.4 Å². The average Bonchev–Trinajstić information content (AvgIpc) is 2.57. The van der Waals surface area contributed by atoms with Gasteiger partial charge in [-0.2, -0.15) is 5.10 Å². The predicted octanol–water partition coefficient (Wildman–Crippen LogP) is 0.662. The number of nitrogens with one attached hydrogen (secondary N) is 2. The number of sulfonamides is 1. The standard InChI is InChI=1S/C11H19N3O4S/c1-6(2)9(11(15)16)5-12-19(17,18)10-7(3)13-14-8(10)4/h6,9,12H,5H2,1-4H3,(H,13,14)(H,15,16). The van der Waals surface area contributed by atoms with Crippen molar-refractivity contribution >= 4 is 16.0 Å². The van der Waals surface area contributed by atoms with E-state index in [1.165, 1.54) is 0 Å². The Hall–Kier alpha value is -1.41. The Morgan fingerprint density at radius 2 is 2.00 bits per heavy atom. The average molecular weight is 289 g/mol. The largest absolute Gasteiger partial charge is 0.481 e. The van der Waals surface area contributed by atoms with E-state index < -0.39 is 21.9 Å². The highest BCUT2D eigenvalue weighted by molar-refractivity contribution is 7.89. The summed E-state index contributed by atoms with van der Waals surface area (Å²) in [6, 6.07) is 0. The number of rotatable bonds is 6. The molecular formula is C11H19N3O4S. The summed E-state index contributed by atoms with van der Waals surface area (Å²) in [5, 5.41) is 15.4. The zero-order valence-electron chi connectivity index (χ0n) is 11.4. The van der Waals surface area contributed by atoms with Gasteiger partial charge in [0.1, 0.15) is 4.90 Å². The van der Waals surface area contributed by atoms with Crippen LogP contribution in [0.3, 0.4) is 0 Å². The van der Waals surface area contributed by atoms with E-state index in [1.54, 1.807) is 27.7 Å². The summed E-state index contributed by atoms with van der Waals surface area (Å²) in [6.45, 7) is 6.52. The summed E-state index contributed by atoms with van der Waals surface area (Å²) in [5.74, 6) is -1.94. The molecule has 3 N–H and O–H groups in total. The monoisotopic (exact) mass is 289 g/mol. The van der Waals surface area contributed by atoms with E-state index >= 15 is 0 Å². The highest BCUT2D eigenvalue weighted by Crippen LogP contribution is 2.17. The minimum absolute atomic E-state index is 0.0837. The van der Waals surface area contributed by atoms with Crippen LogP contribution in [-0.4, -0.2) is 36.2 Å². The molecule has 0 aromatic carbocycles. The molecule has 8 heteroatoms. The fraction of sp³-hybridized carbons (Fsp3) is 0.636. The summed E-state index contributed by atoms with van der Waals surface area (Å²) in [7, 11) is -3.75. The van der Waals surface area contributed by atoms with E-state index in [1.807, 2.05) is 0 Å². The molecule has 1 aromatic rings. The number of aliphatic carboxylic acids is 1. The maximum absolute atomic E-state index is 12.1. The molecule has 1 atom stereocenters. The van der Waals surface area contributed by atoms with Gasteiger partial charge in [0, 0.05) is 6.54 Å². The second-order valence-electron chi connectivity index (χ2n) is 4.80. The molecule has 0 radical (unpaired) electrons. The van der Waals surface area contributed by atoms with E-state index in [4.69, 9.17) is 5.11 Å². The van der Waals surface area contributed by atoms with Crippen molar-refractivity contribution in [2.45, 2.75) is 32.6 Å². The third-order valence-electron chi connectivity index (χ3n) is 2.94. The number of hydrogen-bond donors (Lipinski definition) is 3. The molecule has 0 spiro atoms. The molecular weight excluding hydrogens is 270 g/mol. The van der Waals surface area contributed by atoms with Crippen LogP contribution in [0.4, 0.5) is 0 Å². The highest BCUT2D eigenvalue weighted by Gasteiger charge is 2.27. The number of carboxylic acids is 1. The number of aromatic amines is 1. The number of carboxylic acid groups (broad SMARTS) is 1. The van der Waals surface area contributed by atoms with E-state index in [-0.39, 0.29) is 17.4 Å². The maximum Gasteiger partial charge on any atom is 0.308 e. The topological polar surface area (TPSA) is 112 Å². The fourth-order valence-corrected chi connectivity index (χ4v) is 3.24. The molecule has 0 aliphatic heterocycles. The van der Waals surface area contributed by atoms with Gasteiger partial charge in [-0.1, -0.05) is 13.8 Å². The van der Waals surface area contributed by atoms with Gasteiger partial charge in [0.25, 0.3) is 0 Å². The Balaban J connectivity index is 2.90. The van der Waals surface area contributed by atoms with Crippen molar-refractivity contribution < 1.29 is 18.3 Å². The first-order chi connectivity index (χ1) is 8.66. The molecule has 1 heterocycles. The van der Waals surface area contributed by atoms with Gasteiger partial charge in [-0.3, -0.25) is 9.89 Å². The number of aromatic nitrogens is 2. The summed E-state index contributed by atoms with van der Waals surface area (Å²) < 4.78 is 26.6. The first kappa shape index (κ1) is 15.6. The predicted molar refractivity (Wildman–Crippen MR) is 69.2 cm³/mol. The minimum Gasteiger partial charge on any atom is -0.481 e. The van der Waals surface area contributed by atoms with Crippen molar-refractivity contribution in [2.24, 2.45) is 11.8 Å². The Kier molecular flexibility index (Phi) is 4.70. The Labute approximate surface area is 112 Å². The molecule has 7 nitrogen and oxygen atoms in total. The van der Waals surface area contributed by atoms with Crippen LogP contribution >= 0.6 is 0 Å². The van der Waals surface area contributed by atoms with Gasteiger partial charge < -0.3 is 5.11 Å². The molecule has 0 saturated heterocycles. The smallest absolute Gasteiger partial charge is 0.308 e. The first-order valence-corrected chi connectivity index (χ1v) is 7.39. The molecule has 0 aliphatic carbocycles. The molecule has 1 rings (SSSR count). The van der Waals surface area contributed by atoms with Gasteiger partial charge in [-0.15, -0.1) is 0 Å². The minimum atomic E-state index is -3.75. The number of carbonyl (C=O) groups is 1. The second kappa shape index (κ2) is 5.70. The fourth-order valence-electron chi connectivity index (χ4n) is 1.82. The van der Waals surface area contributed by atoms with E-state index in [9.17, 15) is 13.2 Å². The van der Waals surface area contributed by atoms with E-state index in [0.717, 1.165) is 0 Å². The second-order valence-corrected chi connectivity index (χ2v) is 6.51. The lowest BCUT2D eigenvalue weighted by Crippen LogP contribution is -2.35. The molecule has 0 fully saturated rings. The van der Waals surface area contributed by atoms with E-state index in [2.05, 4.69) is 14.9 Å². The van der Waals surface area contributed by atoms with Crippen LogP contribution in [0.2, 0.25) is 0 Å². The van der Waals surface area contributed by atoms with Gasteiger partial charge in [-0.05, 0) is 19.8 Å². The Bertz CT molecular complexity index is 543. The number of H-pyrrole nitrogens is 1. The van der Waals surface area contributed by atoms with Crippen molar-refractivity contribution in [3.8, 4) is 0 Å². The van der Waals surface area contributed by atoms with Crippen molar-refractivity contribution in [1.29, 1.82) is 0 Å². The summed E-state index contributed by atoms with van der Waals surface area (Å²) >= 11 is 0. The number of nitrogens with zero attached hydrogens (tertiary/aromatic N) is 1. The van der Waals surface area contributed by atoms with Crippen LogP contribution in [0.5, 0.6) is 0 Å². The molecule has 1 unspecified atom stereocenters. The number of aryl methyl sites for hydroxylation is 2. The van der Waals surface area contributed by atoms with Gasteiger partial charge in [0.2, 0.25) is 10.0 Å². The first-order valence-electron chi connectivity index (χ1n) is 5.91. The molecule has 0 aliphatic rings. The Morgan fingerprint density at radius 1 is 1.42 bits per heavy atom. The normalized spacial score (nSPS) is 13.7. The third kappa shape index (κ3) is 3.54. The maximum atomic E-state index is 12.1. The summed E-state index contributed by atoms with van der Waals surface area (Å²) in [4.78, 5) is 11.1. The van der Waals surface area contributed by atoms with Gasteiger partial charge in [-0.25, -0.2) is 13.1 Å². The third-order valence-corrected chi connectivity index (χ3v) is 4.63. The lowest BCUT2D eigenvalue weighted by atomic mass is 9.97. The van der Waals surface area contributed by atoms with Gasteiger partial charge >= 0.3 is 5.97 Å². The molecule has 19 heavy (non-hydrogen) atoms. The van der Waals surface area contributed by atoms with Crippen LogP contribution in [0.15, 0.2) is 4.90 Å². The Morgan fingerprint density at radius 3 is 2.37 bits per heavy atom. The van der Waals surface area contributed by atoms with Crippen molar-refractivity contribution in [2.75, 3.05) is 6.54 Å². The zero-order chi connectivity index (χ0) is 14.8. The van der Waals surface area contributed by atoms with Crippen LogP contribution in [-0.2, 0) is 14.8 Å². The molecule has 0 saturated carbocycles. The molecule has 0 bridgehead atoms. The molecule has 0 amide bonds. The van der Waals surface area contributed by atoms with Gasteiger partial charge in [0.15, 0.2) is 0 Å². The van der Waals surface area contributed by atoms with E-state index in [0.29, 0.717) is 11.4 Å². The van der Waals surface area contributed by atoms with Crippen molar-refractivity contribution in [3.63, 3.8) is 0 Å². The summed E-state index contributed by atoms with van der Waals surface area (Å²) in [5.41, 5.74) is 0.794. The lowest BCUT2D eigenvalue weighted by molar-refractivity contribution is -0.142. The highest BCUT2D eigenvalue weighted by atomic mass is 32.2. The summed E-state index contributed by atoms with van der Waals surface area (Å²) in [6.07, 6.45) is 0. The van der Waals surface area contributed by atoms with Crippen molar-refractivity contribution in [1.82, 2.24) is 14.9 Å². The van der Waals surface area contributed by atoms with Crippen LogP contribution in [0, 0.1) is 25.7 Å². The quantitative estimate of drug-likeness (QED) is 0.712. The number of hydrogen-bond acceptors (Lipinski definition) is 4. The van der Waals surface area contributed by atoms with Crippen LogP contribution < -0.4 is 4.72 Å².